The maximum atomic E-state index is 5.83. The maximum absolute atomic E-state index is 5.83. The zero-order valence-electron chi connectivity index (χ0n) is 13.7. The number of benzene rings is 2. The molecule has 0 bridgehead atoms. The Morgan fingerprint density at radius 1 is 1.12 bits per heavy atom. The van der Waals surface area contributed by atoms with E-state index in [4.69, 9.17) is 15.6 Å². The molecule has 1 aromatic heterocycles. The number of aryl methyl sites for hydroxylation is 1. The molecule has 4 rings (SSSR count). The Bertz CT molecular complexity index is 939. The zero-order chi connectivity index (χ0) is 16.7. The molecule has 0 radical (unpaired) electrons. The normalized spacial score (nSPS) is 12.8. The summed E-state index contributed by atoms with van der Waals surface area (Å²) in [5.74, 6) is 1.75. The molecule has 5 heteroatoms. The van der Waals surface area contributed by atoms with Crippen LogP contribution >= 0.6 is 0 Å². The number of nitrogen functional groups attached to an aromatic ring is 1. The summed E-state index contributed by atoms with van der Waals surface area (Å²) >= 11 is 0. The summed E-state index contributed by atoms with van der Waals surface area (Å²) in [7, 11) is 1.67. The van der Waals surface area contributed by atoms with E-state index in [1.165, 1.54) is 5.56 Å². The molecular weight excluding hydrogens is 300 g/mol. The monoisotopic (exact) mass is 318 g/mol. The van der Waals surface area contributed by atoms with Crippen LogP contribution in [0.15, 0.2) is 53.8 Å². The zero-order valence-corrected chi connectivity index (χ0v) is 13.7. The third kappa shape index (κ3) is 2.44. The van der Waals surface area contributed by atoms with Crippen molar-refractivity contribution in [3.8, 4) is 5.75 Å². The minimum atomic E-state index is 0.731. The van der Waals surface area contributed by atoms with Gasteiger partial charge in [0.05, 0.1) is 24.7 Å². The summed E-state index contributed by atoms with van der Waals surface area (Å²) in [5.41, 5.74) is 11.7. The Morgan fingerprint density at radius 2 is 1.92 bits per heavy atom. The van der Waals surface area contributed by atoms with Gasteiger partial charge in [-0.1, -0.05) is 18.2 Å². The minimum absolute atomic E-state index is 0.731. The minimum Gasteiger partial charge on any atom is -0.497 e. The van der Waals surface area contributed by atoms with Crippen LogP contribution in [-0.4, -0.2) is 22.5 Å². The van der Waals surface area contributed by atoms with Crippen LogP contribution in [0, 0.1) is 6.92 Å². The molecule has 0 unspecified atom stereocenters. The van der Waals surface area contributed by atoms with E-state index in [1.54, 1.807) is 7.11 Å². The van der Waals surface area contributed by atoms with Crippen molar-refractivity contribution in [2.75, 3.05) is 12.8 Å². The first-order valence-corrected chi connectivity index (χ1v) is 7.81. The Morgan fingerprint density at radius 3 is 2.67 bits per heavy atom. The highest BCUT2D eigenvalue weighted by Gasteiger charge is 2.20. The lowest BCUT2D eigenvalue weighted by atomic mass is 9.95. The van der Waals surface area contributed by atoms with Gasteiger partial charge >= 0.3 is 0 Å². The Kier molecular flexibility index (Phi) is 3.34. The number of nitrogens with zero attached hydrogens (tertiary/aromatic N) is 3. The van der Waals surface area contributed by atoms with Crippen LogP contribution in [0.3, 0.4) is 0 Å². The fourth-order valence-corrected chi connectivity index (χ4v) is 2.99. The highest BCUT2D eigenvalue weighted by atomic mass is 16.5. The molecule has 0 saturated heterocycles. The molecule has 2 aromatic carbocycles. The van der Waals surface area contributed by atoms with Gasteiger partial charge in [-0.05, 0) is 36.8 Å². The van der Waals surface area contributed by atoms with Crippen LogP contribution < -0.4 is 10.5 Å². The molecule has 0 fully saturated rings. The number of fused-ring (bicyclic) bond motifs is 2. The van der Waals surface area contributed by atoms with Crippen molar-refractivity contribution in [3.05, 3.63) is 76.9 Å². The van der Waals surface area contributed by atoms with E-state index < -0.39 is 0 Å². The summed E-state index contributed by atoms with van der Waals surface area (Å²) in [4.78, 5) is 4.60. The number of nitrogens with two attached hydrogens (primary N) is 1. The van der Waals surface area contributed by atoms with Gasteiger partial charge in [0, 0.05) is 23.2 Å². The molecule has 0 amide bonds. The number of hydrogen-bond acceptors (Lipinski definition) is 4. The van der Waals surface area contributed by atoms with Crippen molar-refractivity contribution in [2.45, 2.75) is 13.3 Å². The summed E-state index contributed by atoms with van der Waals surface area (Å²) in [5, 5.41) is 4.85. The molecule has 5 nitrogen and oxygen atoms in total. The smallest absolute Gasteiger partial charge is 0.134 e. The van der Waals surface area contributed by atoms with Crippen LogP contribution in [0.1, 0.15) is 28.2 Å². The average Bonchev–Trinajstić information content (AvgIpc) is 2.86. The van der Waals surface area contributed by atoms with Gasteiger partial charge in [0.1, 0.15) is 11.6 Å². The lowest BCUT2D eigenvalue weighted by Crippen LogP contribution is -2.07. The van der Waals surface area contributed by atoms with Crippen molar-refractivity contribution < 1.29 is 4.74 Å². The summed E-state index contributed by atoms with van der Waals surface area (Å²) in [6.07, 6.45) is 2.69. The second-order valence-corrected chi connectivity index (χ2v) is 5.91. The van der Waals surface area contributed by atoms with Crippen molar-refractivity contribution in [1.82, 2.24) is 9.66 Å². The first-order chi connectivity index (χ1) is 11.6. The van der Waals surface area contributed by atoms with E-state index >= 15 is 0 Å². The van der Waals surface area contributed by atoms with E-state index in [0.717, 1.165) is 46.2 Å². The predicted molar refractivity (Wildman–Crippen MR) is 94.7 cm³/mol. The number of methoxy groups -OCH3 is 1. The third-order valence-electron chi connectivity index (χ3n) is 4.19. The molecule has 24 heavy (non-hydrogen) atoms. The fourth-order valence-electron chi connectivity index (χ4n) is 2.99. The van der Waals surface area contributed by atoms with Gasteiger partial charge in [0.15, 0.2) is 0 Å². The van der Waals surface area contributed by atoms with E-state index in [9.17, 15) is 0 Å². The molecule has 1 aliphatic heterocycles. The number of anilines is 1. The molecule has 0 aliphatic carbocycles. The Balaban J connectivity index is 1.96. The first kappa shape index (κ1) is 14.5. The van der Waals surface area contributed by atoms with E-state index in [1.807, 2.05) is 54.2 Å². The number of aromatic nitrogens is 2. The summed E-state index contributed by atoms with van der Waals surface area (Å²) in [6.45, 7) is 1.98. The predicted octanol–water partition coefficient (Wildman–Crippen LogP) is 2.99. The number of hydrogen-bond donors (Lipinski definition) is 1. The van der Waals surface area contributed by atoms with Crippen LogP contribution in [0.4, 0.5) is 5.69 Å². The molecule has 3 aromatic rings. The highest BCUT2D eigenvalue weighted by molar-refractivity contribution is 6.14. The molecule has 0 saturated carbocycles. The number of rotatable bonds is 2. The lowest BCUT2D eigenvalue weighted by Gasteiger charge is -2.11. The van der Waals surface area contributed by atoms with E-state index in [0.29, 0.717) is 0 Å². The standard InChI is InChI=1S/C19H18N4O/c1-12-11-23-18(21-12)9-14-5-8-16(24-2)10-17(14)19(22-23)13-3-6-15(20)7-4-13/h3-8,10-11H,9,20H2,1-2H3. The largest absolute Gasteiger partial charge is 0.497 e. The Labute approximate surface area is 140 Å². The van der Waals surface area contributed by atoms with Crippen LogP contribution in [0.25, 0.3) is 0 Å². The second-order valence-electron chi connectivity index (χ2n) is 5.91. The third-order valence-corrected chi connectivity index (χ3v) is 4.19. The fraction of sp³-hybridized carbons (Fsp3) is 0.158. The van der Waals surface area contributed by atoms with Gasteiger partial charge in [-0.3, -0.25) is 0 Å². The summed E-state index contributed by atoms with van der Waals surface area (Å²) in [6, 6.07) is 13.9. The number of imidazole rings is 1. The van der Waals surface area contributed by atoms with E-state index in [2.05, 4.69) is 11.1 Å². The van der Waals surface area contributed by atoms with Crippen molar-refractivity contribution >= 4 is 11.4 Å². The van der Waals surface area contributed by atoms with Crippen LogP contribution in [0.5, 0.6) is 5.75 Å². The molecular formula is C19H18N4O. The molecule has 0 spiro atoms. The van der Waals surface area contributed by atoms with Gasteiger partial charge < -0.3 is 10.5 Å². The number of ether oxygens (including phenoxy) is 1. The molecule has 1 aliphatic rings. The SMILES string of the molecule is COc1ccc2c(c1)C(c1ccc(N)cc1)=Nn1cc(C)nc1C2. The second kappa shape index (κ2) is 5.53. The molecule has 0 atom stereocenters. The average molecular weight is 318 g/mol. The summed E-state index contributed by atoms with van der Waals surface area (Å²) < 4.78 is 7.27. The van der Waals surface area contributed by atoms with Gasteiger partial charge in [-0.2, -0.15) is 5.10 Å². The van der Waals surface area contributed by atoms with Gasteiger partial charge in [-0.15, -0.1) is 0 Å². The Hall–Kier alpha value is -3.08. The molecule has 120 valence electrons. The van der Waals surface area contributed by atoms with Crippen LogP contribution in [-0.2, 0) is 6.42 Å². The van der Waals surface area contributed by atoms with Gasteiger partial charge in [-0.25, -0.2) is 9.66 Å². The van der Waals surface area contributed by atoms with Crippen molar-refractivity contribution in [2.24, 2.45) is 5.10 Å². The highest BCUT2D eigenvalue weighted by Crippen LogP contribution is 2.27. The quantitative estimate of drug-likeness (QED) is 0.578. The van der Waals surface area contributed by atoms with Crippen molar-refractivity contribution in [3.63, 3.8) is 0 Å². The first-order valence-electron chi connectivity index (χ1n) is 7.81. The topological polar surface area (TPSA) is 65.4 Å². The van der Waals surface area contributed by atoms with Crippen LogP contribution in [0.2, 0.25) is 0 Å². The maximum Gasteiger partial charge on any atom is 0.134 e. The van der Waals surface area contributed by atoms with E-state index in [-0.39, 0.29) is 0 Å². The van der Waals surface area contributed by atoms with Gasteiger partial charge in [0.2, 0.25) is 0 Å². The molecule has 2 N–H and O–H groups in total. The lowest BCUT2D eigenvalue weighted by molar-refractivity contribution is 0.414. The molecule has 2 heterocycles. The van der Waals surface area contributed by atoms with Crippen molar-refractivity contribution in [1.29, 1.82) is 0 Å². The van der Waals surface area contributed by atoms with Gasteiger partial charge in [0.25, 0.3) is 0 Å².